The zero-order chi connectivity index (χ0) is 18.7. The Bertz CT molecular complexity index is 670. The number of esters is 1. The fraction of sp³-hybridized carbons (Fsp3) is 0.696. The Balaban J connectivity index is 1.43. The average molecular weight is 372 g/mol. The van der Waals surface area contributed by atoms with Crippen LogP contribution in [0.2, 0.25) is 0 Å². The van der Waals surface area contributed by atoms with Gasteiger partial charge in [-0.1, -0.05) is 38.7 Å². The summed E-state index contributed by atoms with van der Waals surface area (Å²) in [6, 6.07) is 7.17. The summed E-state index contributed by atoms with van der Waals surface area (Å²) in [4.78, 5) is 11.8. The molecule has 1 aromatic rings. The molecule has 2 bridgehead atoms. The van der Waals surface area contributed by atoms with Gasteiger partial charge in [0.2, 0.25) is 6.79 Å². The van der Waals surface area contributed by atoms with Gasteiger partial charge in [-0.3, -0.25) is 4.79 Å². The molecule has 4 heteroatoms. The summed E-state index contributed by atoms with van der Waals surface area (Å²) in [6.07, 6.45) is 11.3. The van der Waals surface area contributed by atoms with Gasteiger partial charge in [0.05, 0.1) is 0 Å². The van der Waals surface area contributed by atoms with Crippen LogP contribution >= 0.6 is 0 Å². The lowest BCUT2D eigenvalue weighted by molar-refractivity contribution is -0.150. The second-order valence-corrected chi connectivity index (χ2v) is 8.58. The number of unbranched alkanes of at least 4 members (excludes halogenated alkanes) is 2. The molecule has 4 rings (SSSR count). The van der Waals surface area contributed by atoms with Crippen molar-refractivity contribution in [1.29, 1.82) is 0 Å². The lowest BCUT2D eigenvalue weighted by atomic mass is 9.53. The van der Waals surface area contributed by atoms with Crippen LogP contribution in [0.1, 0.15) is 75.8 Å². The van der Waals surface area contributed by atoms with E-state index < -0.39 is 0 Å². The van der Waals surface area contributed by atoms with E-state index in [1.807, 2.05) is 6.07 Å². The molecule has 3 atom stereocenters. The third-order valence-corrected chi connectivity index (χ3v) is 7.05. The number of carbonyl (C=O) groups excluding carboxylic acids is 1. The first kappa shape index (κ1) is 18.8. The van der Waals surface area contributed by atoms with Crippen LogP contribution in [0.3, 0.4) is 0 Å². The first-order valence-electron chi connectivity index (χ1n) is 10.9. The van der Waals surface area contributed by atoms with Gasteiger partial charge in [0.15, 0.2) is 0 Å². The molecule has 2 fully saturated rings. The van der Waals surface area contributed by atoms with Gasteiger partial charge in [0.1, 0.15) is 5.75 Å². The van der Waals surface area contributed by atoms with Crippen molar-refractivity contribution in [2.75, 3.05) is 13.3 Å². The van der Waals surface area contributed by atoms with E-state index in [0.717, 1.165) is 43.9 Å². The molecule has 1 N–H and O–H groups in total. The number of ether oxygens (including phenoxy) is 2. The molecule has 1 heterocycles. The van der Waals surface area contributed by atoms with Crippen LogP contribution in [0.25, 0.3) is 0 Å². The summed E-state index contributed by atoms with van der Waals surface area (Å²) < 4.78 is 11.1. The van der Waals surface area contributed by atoms with Crippen molar-refractivity contribution in [2.45, 2.75) is 82.6 Å². The van der Waals surface area contributed by atoms with Crippen LogP contribution in [0.4, 0.5) is 0 Å². The highest BCUT2D eigenvalue weighted by atomic mass is 16.7. The maximum atomic E-state index is 11.8. The molecule has 4 nitrogen and oxygen atoms in total. The Morgan fingerprint density at radius 1 is 1.26 bits per heavy atom. The molecule has 0 radical (unpaired) electrons. The lowest BCUT2D eigenvalue weighted by Gasteiger charge is -2.56. The van der Waals surface area contributed by atoms with Gasteiger partial charge in [0, 0.05) is 17.9 Å². The molecule has 0 amide bonds. The van der Waals surface area contributed by atoms with Crippen molar-refractivity contribution >= 4 is 5.97 Å². The molecule has 1 saturated heterocycles. The number of rotatable bonds is 7. The molecule has 1 aromatic carbocycles. The minimum atomic E-state index is -0.159. The average Bonchev–Trinajstić information content (AvgIpc) is 2.68. The van der Waals surface area contributed by atoms with E-state index >= 15 is 0 Å². The van der Waals surface area contributed by atoms with Gasteiger partial charge < -0.3 is 14.8 Å². The van der Waals surface area contributed by atoms with Crippen molar-refractivity contribution in [1.82, 2.24) is 5.32 Å². The van der Waals surface area contributed by atoms with Gasteiger partial charge in [-0.15, -0.1) is 0 Å². The molecule has 27 heavy (non-hydrogen) atoms. The van der Waals surface area contributed by atoms with Crippen LogP contribution < -0.4 is 10.1 Å². The molecule has 2 aliphatic carbocycles. The highest BCUT2D eigenvalue weighted by Gasteiger charge is 2.51. The summed E-state index contributed by atoms with van der Waals surface area (Å²) in [5, 5.41) is 3.78. The van der Waals surface area contributed by atoms with Crippen molar-refractivity contribution in [3.63, 3.8) is 0 Å². The number of carbonyl (C=O) groups is 1. The highest BCUT2D eigenvalue weighted by Crippen LogP contribution is 2.54. The van der Waals surface area contributed by atoms with Gasteiger partial charge in [-0.05, 0) is 67.8 Å². The van der Waals surface area contributed by atoms with Crippen LogP contribution in [0.15, 0.2) is 18.2 Å². The third kappa shape index (κ3) is 3.73. The molecule has 1 aliphatic heterocycles. The number of benzene rings is 1. The van der Waals surface area contributed by atoms with Crippen LogP contribution in [-0.4, -0.2) is 25.3 Å². The summed E-state index contributed by atoms with van der Waals surface area (Å²) in [5.74, 6) is 1.44. The number of piperidine rings is 1. The number of fused-ring (bicyclic) bond motifs is 1. The van der Waals surface area contributed by atoms with E-state index in [9.17, 15) is 4.79 Å². The Hall–Kier alpha value is -1.55. The van der Waals surface area contributed by atoms with Crippen LogP contribution in [-0.2, 0) is 21.4 Å². The Labute approximate surface area is 163 Å². The molecule has 1 saturated carbocycles. The second-order valence-electron chi connectivity index (χ2n) is 8.58. The quantitative estimate of drug-likeness (QED) is 0.436. The Morgan fingerprint density at radius 3 is 3.07 bits per heavy atom. The molecular weight excluding hydrogens is 338 g/mol. The third-order valence-electron chi connectivity index (χ3n) is 7.05. The predicted molar refractivity (Wildman–Crippen MR) is 106 cm³/mol. The fourth-order valence-electron chi connectivity index (χ4n) is 5.75. The Kier molecular flexibility index (Phi) is 5.72. The summed E-state index contributed by atoms with van der Waals surface area (Å²) in [5.41, 5.74) is 3.32. The van der Waals surface area contributed by atoms with E-state index in [1.54, 1.807) is 0 Å². The normalized spacial score (nSPS) is 28.8. The van der Waals surface area contributed by atoms with Gasteiger partial charge >= 0.3 is 5.97 Å². The SMILES string of the molecule is CCCCCC(=O)OCOc1ccc2c(c1)[C@@]13CCCC[C@H]1[C@@H](C2)NCC3. The van der Waals surface area contributed by atoms with Gasteiger partial charge in [0.25, 0.3) is 0 Å². The molecule has 148 valence electrons. The molecule has 0 aromatic heterocycles. The molecular formula is C23H33NO3. The van der Waals surface area contributed by atoms with E-state index in [0.29, 0.717) is 17.9 Å². The molecule has 0 spiro atoms. The van der Waals surface area contributed by atoms with Gasteiger partial charge in [-0.2, -0.15) is 0 Å². The first-order chi connectivity index (χ1) is 13.2. The summed E-state index contributed by atoms with van der Waals surface area (Å²) in [7, 11) is 0. The van der Waals surface area contributed by atoms with E-state index in [-0.39, 0.29) is 12.8 Å². The largest absolute Gasteiger partial charge is 0.457 e. The fourth-order valence-corrected chi connectivity index (χ4v) is 5.75. The molecule has 3 aliphatic rings. The zero-order valence-electron chi connectivity index (χ0n) is 16.6. The van der Waals surface area contributed by atoms with Gasteiger partial charge in [-0.25, -0.2) is 0 Å². The van der Waals surface area contributed by atoms with Crippen LogP contribution in [0, 0.1) is 5.92 Å². The maximum absolute atomic E-state index is 11.8. The second kappa shape index (κ2) is 8.22. The summed E-state index contributed by atoms with van der Waals surface area (Å²) in [6.45, 7) is 3.27. The van der Waals surface area contributed by atoms with Crippen molar-refractivity contribution < 1.29 is 14.3 Å². The first-order valence-corrected chi connectivity index (χ1v) is 10.9. The topological polar surface area (TPSA) is 47.6 Å². The minimum Gasteiger partial charge on any atom is -0.457 e. The van der Waals surface area contributed by atoms with Crippen molar-refractivity contribution in [3.8, 4) is 5.75 Å². The van der Waals surface area contributed by atoms with Crippen molar-refractivity contribution in [3.05, 3.63) is 29.3 Å². The number of hydrogen-bond acceptors (Lipinski definition) is 4. The minimum absolute atomic E-state index is 0.0182. The number of hydrogen-bond donors (Lipinski definition) is 1. The number of nitrogens with one attached hydrogen (secondary N) is 1. The summed E-state index contributed by atoms with van der Waals surface area (Å²) >= 11 is 0. The smallest absolute Gasteiger partial charge is 0.308 e. The van der Waals surface area contributed by atoms with E-state index in [2.05, 4.69) is 24.4 Å². The highest BCUT2D eigenvalue weighted by molar-refractivity contribution is 5.69. The monoisotopic (exact) mass is 371 g/mol. The molecule has 0 unspecified atom stereocenters. The van der Waals surface area contributed by atoms with Crippen LogP contribution in [0.5, 0.6) is 5.75 Å². The lowest BCUT2D eigenvalue weighted by Crippen LogP contribution is -2.59. The predicted octanol–water partition coefficient (Wildman–Crippen LogP) is 4.49. The zero-order valence-corrected chi connectivity index (χ0v) is 16.6. The maximum Gasteiger partial charge on any atom is 0.308 e. The van der Waals surface area contributed by atoms with Crippen molar-refractivity contribution in [2.24, 2.45) is 5.92 Å². The van der Waals surface area contributed by atoms with E-state index in [1.165, 1.54) is 43.2 Å². The standard InChI is InChI=1S/C23H33NO3/c1-2-3-4-8-22(25)27-16-26-18-10-9-17-14-21-19-7-5-6-11-23(19,12-13-24-21)20(17)15-18/h9-10,15,19,21,24H,2-8,11-14,16H2,1H3/t19-,21+,23+/m0/s1. The van der Waals surface area contributed by atoms with E-state index in [4.69, 9.17) is 9.47 Å². The Morgan fingerprint density at radius 2 is 2.19 bits per heavy atom.